The molecular formula is C15H22FNO2S. The van der Waals surface area contributed by atoms with E-state index in [2.05, 4.69) is 0 Å². The molecule has 5 heteroatoms. The average Bonchev–Trinajstić information content (AvgIpc) is 2.42. The van der Waals surface area contributed by atoms with Gasteiger partial charge in [0.05, 0.1) is 4.90 Å². The number of hydrogen-bond donors (Lipinski definition) is 0. The van der Waals surface area contributed by atoms with Crippen LogP contribution in [-0.2, 0) is 10.0 Å². The van der Waals surface area contributed by atoms with Crippen LogP contribution in [0.2, 0.25) is 0 Å². The molecule has 0 spiro atoms. The number of rotatable bonds is 4. The van der Waals surface area contributed by atoms with Crippen molar-refractivity contribution in [2.75, 3.05) is 13.6 Å². The first-order valence-corrected chi connectivity index (χ1v) is 8.58. The average molecular weight is 299 g/mol. The molecule has 3 nitrogen and oxygen atoms in total. The predicted molar refractivity (Wildman–Crippen MR) is 77.5 cm³/mol. The molecule has 0 bridgehead atoms. The zero-order valence-electron chi connectivity index (χ0n) is 12.1. The van der Waals surface area contributed by atoms with E-state index in [4.69, 9.17) is 0 Å². The topological polar surface area (TPSA) is 37.4 Å². The fourth-order valence-electron chi connectivity index (χ4n) is 2.85. The van der Waals surface area contributed by atoms with Crippen molar-refractivity contribution in [3.63, 3.8) is 0 Å². The SMILES string of the molecule is Cc1ccc(F)cc1S(=O)(=O)N(C)CC1CCCCC1. The molecule has 1 aromatic carbocycles. The third-order valence-corrected chi connectivity index (χ3v) is 6.04. The zero-order valence-corrected chi connectivity index (χ0v) is 12.9. The Morgan fingerprint density at radius 2 is 1.90 bits per heavy atom. The summed E-state index contributed by atoms with van der Waals surface area (Å²) in [5, 5.41) is 0. The van der Waals surface area contributed by atoms with Gasteiger partial charge in [-0.25, -0.2) is 17.1 Å². The Labute approximate surface area is 120 Å². The number of hydrogen-bond acceptors (Lipinski definition) is 2. The minimum atomic E-state index is -3.60. The van der Waals surface area contributed by atoms with Crippen molar-refractivity contribution in [3.8, 4) is 0 Å². The van der Waals surface area contributed by atoms with E-state index in [1.807, 2.05) is 0 Å². The minimum Gasteiger partial charge on any atom is -0.207 e. The number of halogens is 1. The highest BCUT2D eigenvalue weighted by Crippen LogP contribution is 2.27. The van der Waals surface area contributed by atoms with Crippen LogP contribution in [0.15, 0.2) is 23.1 Å². The van der Waals surface area contributed by atoms with Gasteiger partial charge in [0.1, 0.15) is 5.82 Å². The lowest BCUT2D eigenvalue weighted by Gasteiger charge is -2.27. The van der Waals surface area contributed by atoms with Gasteiger partial charge in [-0.15, -0.1) is 0 Å². The standard InChI is InChI=1S/C15H22FNO2S/c1-12-8-9-14(16)10-15(12)20(18,19)17(2)11-13-6-4-3-5-7-13/h8-10,13H,3-7,11H2,1-2H3. The Morgan fingerprint density at radius 3 is 2.55 bits per heavy atom. The Hall–Kier alpha value is -0.940. The van der Waals surface area contributed by atoms with Crippen LogP contribution in [0.25, 0.3) is 0 Å². The van der Waals surface area contributed by atoms with Gasteiger partial charge in [-0.1, -0.05) is 25.3 Å². The van der Waals surface area contributed by atoms with Gasteiger partial charge in [-0.3, -0.25) is 0 Å². The van der Waals surface area contributed by atoms with E-state index in [1.54, 1.807) is 14.0 Å². The highest BCUT2D eigenvalue weighted by molar-refractivity contribution is 7.89. The van der Waals surface area contributed by atoms with Gasteiger partial charge in [-0.05, 0) is 43.4 Å². The number of aryl methyl sites for hydroxylation is 1. The summed E-state index contributed by atoms with van der Waals surface area (Å²) in [6, 6.07) is 3.91. The predicted octanol–water partition coefficient (Wildman–Crippen LogP) is 3.33. The second-order valence-electron chi connectivity index (χ2n) is 5.70. The summed E-state index contributed by atoms with van der Waals surface area (Å²) in [6.45, 7) is 2.22. The van der Waals surface area contributed by atoms with Crippen LogP contribution < -0.4 is 0 Å². The normalized spacial score (nSPS) is 17.6. The van der Waals surface area contributed by atoms with Crippen molar-refractivity contribution in [1.82, 2.24) is 4.31 Å². The molecule has 1 aromatic rings. The summed E-state index contributed by atoms with van der Waals surface area (Å²) in [6.07, 6.45) is 5.77. The Bertz CT molecular complexity index is 565. The van der Waals surface area contributed by atoms with E-state index in [0.29, 0.717) is 18.0 Å². The van der Waals surface area contributed by atoms with Crippen molar-refractivity contribution in [3.05, 3.63) is 29.6 Å². The number of benzene rings is 1. The summed E-state index contributed by atoms with van der Waals surface area (Å²) in [5.41, 5.74) is 0.585. The van der Waals surface area contributed by atoms with E-state index >= 15 is 0 Å². The van der Waals surface area contributed by atoms with Gasteiger partial charge in [0.25, 0.3) is 0 Å². The fraction of sp³-hybridized carbons (Fsp3) is 0.600. The van der Waals surface area contributed by atoms with Crippen LogP contribution in [0.3, 0.4) is 0 Å². The number of nitrogens with zero attached hydrogens (tertiary/aromatic N) is 1. The maximum absolute atomic E-state index is 13.3. The molecule has 112 valence electrons. The molecular weight excluding hydrogens is 277 g/mol. The van der Waals surface area contributed by atoms with Crippen LogP contribution in [0.5, 0.6) is 0 Å². The molecule has 0 radical (unpaired) electrons. The summed E-state index contributed by atoms with van der Waals surface area (Å²) < 4.78 is 39.8. The molecule has 0 N–H and O–H groups in total. The molecule has 1 fully saturated rings. The Kier molecular flexibility index (Phi) is 4.81. The summed E-state index contributed by atoms with van der Waals surface area (Å²) >= 11 is 0. The minimum absolute atomic E-state index is 0.0795. The molecule has 0 unspecified atom stereocenters. The first-order chi connectivity index (χ1) is 9.41. The molecule has 0 saturated heterocycles. The largest absolute Gasteiger partial charge is 0.243 e. The van der Waals surface area contributed by atoms with E-state index in [9.17, 15) is 12.8 Å². The van der Waals surface area contributed by atoms with Gasteiger partial charge in [0.15, 0.2) is 0 Å². The monoisotopic (exact) mass is 299 g/mol. The van der Waals surface area contributed by atoms with E-state index in [0.717, 1.165) is 18.9 Å². The first-order valence-electron chi connectivity index (χ1n) is 7.14. The lowest BCUT2D eigenvalue weighted by Crippen LogP contribution is -2.33. The van der Waals surface area contributed by atoms with E-state index in [1.165, 1.54) is 35.7 Å². The molecule has 20 heavy (non-hydrogen) atoms. The highest BCUT2D eigenvalue weighted by atomic mass is 32.2. The molecule has 2 rings (SSSR count). The second kappa shape index (κ2) is 6.22. The van der Waals surface area contributed by atoms with Crippen molar-refractivity contribution < 1.29 is 12.8 Å². The summed E-state index contributed by atoms with van der Waals surface area (Å²) in [7, 11) is -2.01. The zero-order chi connectivity index (χ0) is 14.8. The fourth-order valence-corrected chi connectivity index (χ4v) is 4.33. The Morgan fingerprint density at radius 1 is 1.25 bits per heavy atom. The molecule has 1 aliphatic carbocycles. The van der Waals surface area contributed by atoms with Gasteiger partial charge in [-0.2, -0.15) is 0 Å². The molecule has 0 atom stereocenters. The highest BCUT2D eigenvalue weighted by Gasteiger charge is 2.26. The molecule has 0 aromatic heterocycles. The lowest BCUT2D eigenvalue weighted by molar-refractivity contribution is 0.300. The van der Waals surface area contributed by atoms with Gasteiger partial charge >= 0.3 is 0 Å². The van der Waals surface area contributed by atoms with Crippen molar-refractivity contribution in [2.45, 2.75) is 43.9 Å². The van der Waals surface area contributed by atoms with E-state index < -0.39 is 15.8 Å². The van der Waals surface area contributed by atoms with Crippen LogP contribution in [0, 0.1) is 18.7 Å². The molecule has 0 amide bonds. The van der Waals surface area contributed by atoms with E-state index in [-0.39, 0.29) is 4.90 Å². The van der Waals surface area contributed by atoms with Crippen molar-refractivity contribution >= 4 is 10.0 Å². The van der Waals surface area contributed by atoms with Gasteiger partial charge < -0.3 is 0 Å². The van der Waals surface area contributed by atoms with Crippen molar-refractivity contribution in [2.24, 2.45) is 5.92 Å². The molecule has 0 aliphatic heterocycles. The lowest BCUT2D eigenvalue weighted by atomic mass is 9.89. The van der Waals surface area contributed by atoms with Gasteiger partial charge in [0, 0.05) is 13.6 Å². The van der Waals surface area contributed by atoms with Crippen LogP contribution in [0.4, 0.5) is 4.39 Å². The summed E-state index contributed by atoms with van der Waals surface area (Å²) in [4.78, 5) is 0.0795. The Balaban J connectivity index is 2.18. The third kappa shape index (κ3) is 3.38. The first kappa shape index (κ1) is 15.4. The molecule has 1 saturated carbocycles. The van der Waals surface area contributed by atoms with Crippen LogP contribution >= 0.6 is 0 Å². The molecule has 1 aliphatic rings. The summed E-state index contributed by atoms with van der Waals surface area (Å²) in [5.74, 6) is -0.0855. The maximum Gasteiger partial charge on any atom is 0.243 e. The second-order valence-corrected chi connectivity index (χ2v) is 7.71. The third-order valence-electron chi connectivity index (χ3n) is 4.08. The smallest absolute Gasteiger partial charge is 0.207 e. The maximum atomic E-state index is 13.3. The van der Waals surface area contributed by atoms with Crippen LogP contribution in [-0.4, -0.2) is 26.3 Å². The number of sulfonamides is 1. The molecule has 0 heterocycles. The van der Waals surface area contributed by atoms with Crippen LogP contribution in [0.1, 0.15) is 37.7 Å². The van der Waals surface area contributed by atoms with Crippen molar-refractivity contribution in [1.29, 1.82) is 0 Å². The van der Waals surface area contributed by atoms with Gasteiger partial charge in [0.2, 0.25) is 10.0 Å². The quantitative estimate of drug-likeness (QED) is 0.855.